The van der Waals surface area contributed by atoms with Crippen LogP contribution >= 0.6 is 0 Å². The zero-order valence-electron chi connectivity index (χ0n) is 6.88. The summed E-state index contributed by atoms with van der Waals surface area (Å²) in [6, 6.07) is 4.57. The van der Waals surface area contributed by atoms with Crippen molar-refractivity contribution in [2.45, 2.75) is 0 Å². The van der Waals surface area contributed by atoms with E-state index in [-0.39, 0.29) is 17.6 Å². The number of halogens is 1. The lowest BCUT2D eigenvalue weighted by molar-refractivity contribution is -0.385. The molecule has 1 aromatic rings. The Morgan fingerprint density at radius 1 is 1.50 bits per heavy atom. The summed E-state index contributed by atoms with van der Waals surface area (Å²) in [4.78, 5) is 17.7. The van der Waals surface area contributed by atoms with Gasteiger partial charge in [0.1, 0.15) is 5.82 Å². The molecule has 3 N–H and O–H groups in total. The lowest BCUT2D eigenvalue weighted by atomic mass is 10.3. The Hall–Kier alpha value is -2.02. The van der Waals surface area contributed by atoms with Crippen molar-refractivity contribution in [2.75, 3.05) is 0 Å². The van der Waals surface area contributed by atoms with E-state index in [9.17, 15) is 14.5 Å². The van der Waals surface area contributed by atoms with Crippen molar-refractivity contribution < 1.29 is 24.7 Å². The highest BCUT2D eigenvalue weighted by Crippen LogP contribution is 2.10. The van der Waals surface area contributed by atoms with Gasteiger partial charge in [0.15, 0.2) is 0 Å². The molecule has 0 fully saturated rings. The molecule has 7 heteroatoms. The fourth-order valence-electron chi connectivity index (χ4n) is 0.590. The minimum absolute atomic E-state index is 0. The molecule has 6 nitrogen and oxygen atoms in total. The number of carboxylic acid groups (broad SMARTS) is 1. The summed E-state index contributed by atoms with van der Waals surface area (Å²) < 4.78 is 12.2. The first-order chi connectivity index (χ1) is 6.11. The van der Waals surface area contributed by atoms with E-state index < -0.39 is 10.7 Å². The van der Waals surface area contributed by atoms with Crippen molar-refractivity contribution in [3.63, 3.8) is 0 Å². The van der Waals surface area contributed by atoms with E-state index in [1.54, 1.807) is 0 Å². The van der Waals surface area contributed by atoms with Gasteiger partial charge in [0.05, 0.1) is 11.0 Å². The minimum atomic E-state index is -0.636. The molecular formula is C7H8FNO5. The van der Waals surface area contributed by atoms with Crippen molar-refractivity contribution in [1.29, 1.82) is 0 Å². The minimum Gasteiger partial charge on any atom is -0.483 e. The van der Waals surface area contributed by atoms with Crippen LogP contribution in [0.25, 0.3) is 0 Å². The van der Waals surface area contributed by atoms with Gasteiger partial charge in [-0.15, -0.1) is 0 Å². The van der Waals surface area contributed by atoms with Crippen LogP contribution in [0.2, 0.25) is 0 Å². The normalized spacial score (nSPS) is 7.50. The van der Waals surface area contributed by atoms with Crippen LogP contribution in [0.1, 0.15) is 0 Å². The first kappa shape index (κ1) is 14.5. The zero-order chi connectivity index (χ0) is 10.3. The predicted octanol–water partition coefficient (Wildman–Crippen LogP) is 0.610. The average Bonchev–Trinajstić information content (AvgIpc) is 2.05. The topological polar surface area (TPSA) is 112 Å². The second kappa shape index (κ2) is 7.62. The van der Waals surface area contributed by atoms with Gasteiger partial charge in [-0.2, -0.15) is 0 Å². The van der Waals surface area contributed by atoms with Crippen LogP contribution in [0.5, 0.6) is 0 Å². The fourth-order valence-corrected chi connectivity index (χ4v) is 0.590. The number of carbonyl (C=O) groups is 1. The van der Waals surface area contributed by atoms with Crippen molar-refractivity contribution in [3.8, 4) is 0 Å². The third-order valence-corrected chi connectivity index (χ3v) is 1.02. The van der Waals surface area contributed by atoms with E-state index in [4.69, 9.17) is 9.90 Å². The van der Waals surface area contributed by atoms with Gasteiger partial charge >= 0.3 is 0 Å². The molecule has 1 rings (SSSR count). The molecule has 78 valence electrons. The molecule has 0 aromatic heterocycles. The largest absolute Gasteiger partial charge is 0.483 e. The molecular weight excluding hydrogens is 197 g/mol. The van der Waals surface area contributed by atoms with Crippen LogP contribution < -0.4 is 0 Å². The molecule has 0 atom stereocenters. The number of nitro benzene ring substituents is 1. The van der Waals surface area contributed by atoms with Crippen molar-refractivity contribution in [1.82, 2.24) is 0 Å². The summed E-state index contributed by atoms with van der Waals surface area (Å²) in [5.74, 6) is -0.589. The van der Waals surface area contributed by atoms with Gasteiger partial charge in [0, 0.05) is 6.07 Å². The molecule has 0 aliphatic heterocycles. The third-order valence-electron chi connectivity index (χ3n) is 1.02. The summed E-state index contributed by atoms with van der Waals surface area (Å²) >= 11 is 0. The van der Waals surface area contributed by atoms with Crippen molar-refractivity contribution in [3.05, 3.63) is 40.2 Å². The van der Waals surface area contributed by atoms with Crippen LogP contribution in [0.4, 0.5) is 10.1 Å². The quantitative estimate of drug-likeness (QED) is 0.411. The Labute approximate surface area is 78.1 Å². The van der Waals surface area contributed by atoms with Crippen molar-refractivity contribution >= 4 is 12.2 Å². The van der Waals surface area contributed by atoms with Gasteiger partial charge in [0.25, 0.3) is 12.2 Å². The second-order valence-corrected chi connectivity index (χ2v) is 1.84. The average molecular weight is 205 g/mol. The van der Waals surface area contributed by atoms with E-state index >= 15 is 0 Å². The molecule has 0 saturated carbocycles. The van der Waals surface area contributed by atoms with Gasteiger partial charge < -0.3 is 10.6 Å². The van der Waals surface area contributed by atoms with Gasteiger partial charge in [-0.05, 0) is 6.07 Å². The van der Waals surface area contributed by atoms with E-state index in [0.717, 1.165) is 12.1 Å². The highest BCUT2D eigenvalue weighted by Gasteiger charge is 2.03. The van der Waals surface area contributed by atoms with Crippen LogP contribution in [-0.4, -0.2) is 22.0 Å². The number of benzene rings is 1. The highest BCUT2D eigenvalue weighted by atomic mass is 19.1. The van der Waals surface area contributed by atoms with Crippen LogP contribution in [0, 0.1) is 15.9 Å². The maximum atomic E-state index is 12.2. The Morgan fingerprint density at radius 3 is 2.29 bits per heavy atom. The van der Waals surface area contributed by atoms with Gasteiger partial charge in [-0.3, -0.25) is 14.9 Å². The van der Waals surface area contributed by atoms with E-state index in [0.29, 0.717) is 0 Å². The molecule has 0 aliphatic rings. The molecule has 14 heavy (non-hydrogen) atoms. The van der Waals surface area contributed by atoms with Gasteiger partial charge in [-0.1, -0.05) is 6.07 Å². The standard InChI is InChI=1S/C6H4FNO2.CH2O2.H2O/c7-5-2-1-3-6(4-5)8(9)10;2-1-3;/h1-4H;1H,(H,2,3);1H2. The second-order valence-electron chi connectivity index (χ2n) is 1.84. The third kappa shape index (κ3) is 5.61. The predicted molar refractivity (Wildman–Crippen MR) is 45.4 cm³/mol. The maximum Gasteiger partial charge on any atom is 0.290 e. The fraction of sp³-hybridized carbons (Fsp3) is 0. The first-order valence-corrected chi connectivity index (χ1v) is 3.09. The first-order valence-electron chi connectivity index (χ1n) is 3.09. The number of hydrogen-bond acceptors (Lipinski definition) is 3. The molecule has 0 unspecified atom stereocenters. The van der Waals surface area contributed by atoms with Gasteiger partial charge in [0.2, 0.25) is 0 Å². The number of nitro groups is 1. The summed E-state index contributed by atoms with van der Waals surface area (Å²) in [7, 11) is 0. The van der Waals surface area contributed by atoms with E-state index in [1.807, 2.05) is 0 Å². The number of nitrogens with zero attached hydrogens (tertiary/aromatic N) is 1. The van der Waals surface area contributed by atoms with E-state index in [1.165, 1.54) is 12.1 Å². The molecule has 0 heterocycles. The Kier molecular flexibility index (Phi) is 7.89. The maximum absolute atomic E-state index is 12.2. The van der Waals surface area contributed by atoms with Gasteiger partial charge in [-0.25, -0.2) is 4.39 Å². The summed E-state index contributed by atoms with van der Waals surface area (Å²) in [6.45, 7) is -0.250. The Bertz CT molecular complexity index is 304. The molecule has 1 aromatic carbocycles. The number of hydrogen-bond donors (Lipinski definition) is 1. The van der Waals surface area contributed by atoms with Crippen LogP contribution in [0.3, 0.4) is 0 Å². The summed E-state index contributed by atoms with van der Waals surface area (Å²) in [6.07, 6.45) is 0. The number of non-ortho nitro benzene ring substituents is 1. The van der Waals surface area contributed by atoms with E-state index in [2.05, 4.69) is 0 Å². The SMILES string of the molecule is O.O=CO.O=[N+]([O-])c1cccc(F)c1. The van der Waals surface area contributed by atoms with Crippen molar-refractivity contribution in [2.24, 2.45) is 0 Å². The molecule has 0 spiro atoms. The summed E-state index contributed by atoms with van der Waals surface area (Å²) in [5.41, 5.74) is -0.222. The summed E-state index contributed by atoms with van der Waals surface area (Å²) in [5, 5.41) is 16.9. The Balaban J connectivity index is 0. The number of rotatable bonds is 1. The zero-order valence-corrected chi connectivity index (χ0v) is 6.88. The lowest BCUT2D eigenvalue weighted by Gasteiger charge is -1.88. The molecule has 0 aliphatic carbocycles. The molecule has 0 radical (unpaired) electrons. The van der Waals surface area contributed by atoms with Crippen LogP contribution in [0.15, 0.2) is 24.3 Å². The molecule has 0 bridgehead atoms. The smallest absolute Gasteiger partial charge is 0.290 e. The molecule has 0 amide bonds. The lowest BCUT2D eigenvalue weighted by Crippen LogP contribution is -1.87. The monoisotopic (exact) mass is 205 g/mol. The molecule has 0 saturated heterocycles. The van der Waals surface area contributed by atoms with Crippen LogP contribution in [-0.2, 0) is 4.79 Å². The highest BCUT2D eigenvalue weighted by molar-refractivity contribution is 5.32. The Morgan fingerprint density at radius 2 is 2.00 bits per heavy atom.